The molecule has 1 aliphatic heterocycles. The molecule has 0 bridgehead atoms. The third kappa shape index (κ3) is 1.69. The Morgan fingerprint density at radius 3 is 2.56 bits per heavy atom. The highest BCUT2D eigenvalue weighted by Crippen LogP contribution is 2.27. The summed E-state index contributed by atoms with van der Waals surface area (Å²) in [6.07, 6.45) is -2.57. The monoisotopic (exact) mass is 228 g/mol. The number of nitrogens with zero attached hydrogens (tertiary/aromatic N) is 1. The topological polar surface area (TPSA) is 105 Å². The van der Waals surface area contributed by atoms with Crippen molar-refractivity contribution in [1.29, 1.82) is 0 Å². The highest BCUT2D eigenvalue weighted by Gasteiger charge is 2.41. The van der Waals surface area contributed by atoms with Gasteiger partial charge in [-0.15, -0.1) is 0 Å². The van der Waals surface area contributed by atoms with Crippen LogP contribution in [0.25, 0.3) is 0 Å². The van der Waals surface area contributed by atoms with Gasteiger partial charge < -0.3 is 14.9 Å². The smallest absolute Gasteiger partial charge is 0.330 e. The predicted octanol–water partition coefficient (Wildman–Crippen LogP) is -1.82. The Hall–Kier alpha value is -1.44. The molecule has 16 heavy (non-hydrogen) atoms. The highest BCUT2D eigenvalue weighted by atomic mass is 16.6. The molecule has 0 saturated carbocycles. The van der Waals surface area contributed by atoms with Crippen LogP contribution < -0.4 is 11.2 Å². The zero-order chi connectivity index (χ0) is 11.9. The van der Waals surface area contributed by atoms with Gasteiger partial charge in [0.25, 0.3) is 5.56 Å². The number of aromatic nitrogens is 2. The number of hydrogen-bond acceptors (Lipinski definition) is 5. The minimum absolute atomic E-state index is 0.526. The Morgan fingerprint density at radius 2 is 2.06 bits per heavy atom. The Bertz CT molecular complexity index is 493. The van der Waals surface area contributed by atoms with E-state index in [9.17, 15) is 19.8 Å². The number of aliphatic hydroxyl groups is 2. The first-order valence-electron chi connectivity index (χ1n) is 4.84. The van der Waals surface area contributed by atoms with E-state index in [0.29, 0.717) is 0 Å². The number of aliphatic hydroxyl groups excluding tert-OH is 2. The largest absolute Gasteiger partial charge is 0.388 e. The van der Waals surface area contributed by atoms with Crippen LogP contribution in [0.1, 0.15) is 13.2 Å². The number of aromatic amines is 1. The molecule has 0 spiro atoms. The lowest BCUT2D eigenvalue weighted by Gasteiger charge is -2.16. The fourth-order valence-corrected chi connectivity index (χ4v) is 1.69. The number of H-pyrrole nitrogens is 1. The van der Waals surface area contributed by atoms with Crippen LogP contribution in [0.15, 0.2) is 21.9 Å². The molecule has 0 amide bonds. The molecule has 2 rings (SSSR count). The van der Waals surface area contributed by atoms with Crippen LogP contribution in [0.5, 0.6) is 0 Å². The van der Waals surface area contributed by atoms with Crippen LogP contribution in [0.4, 0.5) is 0 Å². The summed E-state index contributed by atoms with van der Waals surface area (Å²) >= 11 is 0. The molecule has 1 aromatic heterocycles. The zero-order valence-electron chi connectivity index (χ0n) is 8.53. The second-order valence-electron chi connectivity index (χ2n) is 3.73. The fraction of sp³-hybridized carbons (Fsp3) is 0.556. The second kappa shape index (κ2) is 3.85. The lowest BCUT2D eigenvalue weighted by molar-refractivity contribution is -0.0351. The normalized spacial score (nSPS) is 34.2. The highest BCUT2D eigenvalue weighted by molar-refractivity contribution is 4.91. The van der Waals surface area contributed by atoms with E-state index in [1.54, 1.807) is 6.92 Å². The number of hydrogen-bond donors (Lipinski definition) is 3. The van der Waals surface area contributed by atoms with Crippen molar-refractivity contribution in [2.75, 3.05) is 0 Å². The summed E-state index contributed by atoms with van der Waals surface area (Å²) in [4.78, 5) is 24.3. The van der Waals surface area contributed by atoms with Crippen molar-refractivity contribution < 1.29 is 14.9 Å². The van der Waals surface area contributed by atoms with Crippen molar-refractivity contribution in [1.82, 2.24) is 9.55 Å². The van der Waals surface area contributed by atoms with Gasteiger partial charge in [-0.3, -0.25) is 14.3 Å². The first-order chi connectivity index (χ1) is 7.50. The standard InChI is InChI=1S/C9H12N2O5/c1-4-6(13)7(14)8(16-4)11-3-2-5(12)10-9(11)15/h2-4,6-8,13-14H,1H3,(H,10,12,15)/t4-,6?,7+,8-/m1/s1. The first-order valence-corrected chi connectivity index (χ1v) is 4.84. The molecule has 1 fully saturated rings. The maximum Gasteiger partial charge on any atom is 0.330 e. The van der Waals surface area contributed by atoms with Crippen molar-refractivity contribution >= 4 is 0 Å². The molecule has 0 radical (unpaired) electrons. The summed E-state index contributed by atoms with van der Waals surface area (Å²) in [6, 6.07) is 1.15. The van der Waals surface area contributed by atoms with Gasteiger partial charge in [-0.25, -0.2) is 4.79 Å². The summed E-state index contributed by atoms with van der Waals surface area (Å²) in [7, 11) is 0. The van der Waals surface area contributed by atoms with E-state index in [2.05, 4.69) is 0 Å². The second-order valence-corrected chi connectivity index (χ2v) is 3.73. The van der Waals surface area contributed by atoms with Crippen LogP contribution in [0, 0.1) is 0 Å². The van der Waals surface area contributed by atoms with E-state index in [-0.39, 0.29) is 0 Å². The van der Waals surface area contributed by atoms with Crippen LogP contribution in [-0.2, 0) is 4.74 Å². The third-order valence-corrected chi connectivity index (χ3v) is 2.60. The summed E-state index contributed by atoms with van der Waals surface area (Å²) in [5.41, 5.74) is -1.21. The van der Waals surface area contributed by atoms with Crippen LogP contribution in [-0.4, -0.2) is 38.1 Å². The Kier molecular flexibility index (Phi) is 2.66. The molecule has 0 aliphatic carbocycles. The van der Waals surface area contributed by atoms with Gasteiger partial charge in [0.1, 0.15) is 12.2 Å². The molecule has 7 heteroatoms. The maximum absolute atomic E-state index is 11.4. The first kappa shape index (κ1) is 11.1. The summed E-state index contributed by atoms with van der Waals surface area (Å²) in [5, 5.41) is 19.1. The number of rotatable bonds is 1. The molecule has 4 atom stereocenters. The van der Waals surface area contributed by atoms with Crippen molar-refractivity contribution in [2.45, 2.75) is 31.5 Å². The SMILES string of the molecule is C[C@H]1O[C@@H](n2ccc(=O)[nH]c2=O)[C@@H](O)C1O. The molecule has 1 aliphatic rings. The Labute approximate surface area is 89.9 Å². The van der Waals surface area contributed by atoms with E-state index in [4.69, 9.17) is 4.74 Å². The summed E-state index contributed by atoms with van der Waals surface area (Å²) < 4.78 is 6.27. The molecule has 1 unspecified atom stereocenters. The molecule has 2 heterocycles. The molecule has 7 nitrogen and oxygen atoms in total. The quantitative estimate of drug-likeness (QED) is 0.524. The van der Waals surface area contributed by atoms with Gasteiger partial charge in [-0.1, -0.05) is 0 Å². The average molecular weight is 228 g/mol. The van der Waals surface area contributed by atoms with E-state index >= 15 is 0 Å². The Balaban J connectivity index is 2.39. The molecule has 88 valence electrons. The summed E-state index contributed by atoms with van der Waals surface area (Å²) in [6.45, 7) is 1.59. The molecule has 1 aromatic rings. The van der Waals surface area contributed by atoms with E-state index in [0.717, 1.165) is 10.6 Å². The van der Waals surface area contributed by atoms with Crippen LogP contribution in [0.3, 0.4) is 0 Å². The van der Waals surface area contributed by atoms with Gasteiger partial charge >= 0.3 is 5.69 Å². The maximum atomic E-state index is 11.4. The minimum atomic E-state index is -1.20. The van der Waals surface area contributed by atoms with Crippen molar-refractivity contribution in [3.05, 3.63) is 33.1 Å². The van der Waals surface area contributed by atoms with Gasteiger partial charge in [0.05, 0.1) is 6.10 Å². The van der Waals surface area contributed by atoms with E-state index in [1.807, 2.05) is 4.98 Å². The fourth-order valence-electron chi connectivity index (χ4n) is 1.69. The van der Waals surface area contributed by atoms with Crippen LogP contribution >= 0.6 is 0 Å². The predicted molar refractivity (Wildman–Crippen MR) is 52.9 cm³/mol. The summed E-state index contributed by atoms with van der Waals surface area (Å²) in [5.74, 6) is 0. The van der Waals surface area contributed by atoms with Crippen molar-refractivity contribution in [2.24, 2.45) is 0 Å². The molecule has 1 saturated heterocycles. The van der Waals surface area contributed by atoms with Gasteiger partial charge in [0.15, 0.2) is 6.23 Å². The molecular weight excluding hydrogens is 216 g/mol. The van der Waals surface area contributed by atoms with Gasteiger partial charge in [0.2, 0.25) is 0 Å². The van der Waals surface area contributed by atoms with Crippen molar-refractivity contribution in [3.8, 4) is 0 Å². The van der Waals surface area contributed by atoms with Crippen LogP contribution in [0.2, 0.25) is 0 Å². The zero-order valence-corrected chi connectivity index (χ0v) is 8.53. The minimum Gasteiger partial charge on any atom is -0.388 e. The lowest BCUT2D eigenvalue weighted by atomic mass is 10.1. The van der Waals surface area contributed by atoms with Crippen molar-refractivity contribution in [3.63, 3.8) is 0 Å². The van der Waals surface area contributed by atoms with E-state index in [1.165, 1.54) is 6.20 Å². The van der Waals surface area contributed by atoms with Gasteiger partial charge in [0, 0.05) is 12.3 Å². The van der Waals surface area contributed by atoms with Gasteiger partial charge in [-0.05, 0) is 6.92 Å². The average Bonchev–Trinajstić information content (AvgIpc) is 2.46. The molecule has 3 N–H and O–H groups in total. The molecular formula is C9H12N2O5. The molecule has 0 aromatic carbocycles. The lowest BCUT2D eigenvalue weighted by Crippen LogP contribution is -2.37. The number of nitrogens with one attached hydrogen (secondary N) is 1. The number of ether oxygens (including phenoxy) is 1. The van der Waals surface area contributed by atoms with Gasteiger partial charge in [-0.2, -0.15) is 0 Å². The third-order valence-electron chi connectivity index (χ3n) is 2.60. The van der Waals surface area contributed by atoms with E-state index < -0.39 is 35.8 Å². The Morgan fingerprint density at radius 1 is 1.38 bits per heavy atom.